The molecule has 2 N–H and O–H groups in total. The smallest absolute Gasteiger partial charge is 0.119 e. The Balaban J connectivity index is 2.40. The van der Waals surface area contributed by atoms with Crippen molar-refractivity contribution in [2.24, 2.45) is 5.73 Å². The van der Waals surface area contributed by atoms with Crippen molar-refractivity contribution in [2.45, 2.75) is 13.3 Å². The van der Waals surface area contributed by atoms with Gasteiger partial charge in [0.25, 0.3) is 0 Å². The average molecular weight is 191 g/mol. The molecule has 1 aromatic rings. The highest BCUT2D eigenvalue weighted by Crippen LogP contribution is 2.12. The van der Waals surface area contributed by atoms with Crippen LogP contribution in [0.15, 0.2) is 36.4 Å². The zero-order valence-corrected chi connectivity index (χ0v) is 8.57. The molecular formula is C12H17NO. The van der Waals surface area contributed by atoms with Gasteiger partial charge >= 0.3 is 0 Å². The zero-order chi connectivity index (χ0) is 10.2. The predicted octanol–water partition coefficient (Wildman–Crippen LogP) is 2.14. The highest BCUT2D eigenvalue weighted by molar-refractivity contribution is 5.27. The highest BCUT2D eigenvalue weighted by Gasteiger charge is 1.91. The summed E-state index contributed by atoms with van der Waals surface area (Å²) >= 11 is 0. The third kappa shape index (κ3) is 3.62. The summed E-state index contributed by atoms with van der Waals surface area (Å²) < 4.78 is 5.47. The van der Waals surface area contributed by atoms with Crippen LogP contribution in [0.2, 0.25) is 0 Å². The van der Waals surface area contributed by atoms with Crippen LogP contribution in [0, 0.1) is 0 Å². The van der Waals surface area contributed by atoms with Gasteiger partial charge in [-0.15, -0.1) is 0 Å². The maximum absolute atomic E-state index is 5.47. The highest BCUT2D eigenvalue weighted by atomic mass is 16.5. The second-order valence-electron chi connectivity index (χ2n) is 3.02. The van der Waals surface area contributed by atoms with Gasteiger partial charge in [-0.05, 0) is 24.1 Å². The lowest BCUT2D eigenvalue weighted by molar-refractivity contribution is 0.362. The summed E-state index contributed by atoms with van der Waals surface area (Å²) in [5.74, 6) is 0.906. The van der Waals surface area contributed by atoms with Crippen molar-refractivity contribution in [3.8, 4) is 5.75 Å². The lowest BCUT2D eigenvalue weighted by Gasteiger charge is -2.03. The molecule has 0 saturated heterocycles. The predicted molar refractivity (Wildman–Crippen MR) is 59.5 cm³/mol. The molecule has 0 aliphatic carbocycles. The normalized spacial score (nSPS) is 10.7. The molecule has 0 heterocycles. The van der Waals surface area contributed by atoms with E-state index in [9.17, 15) is 0 Å². The molecule has 0 fully saturated rings. The molecule has 0 unspecified atom stereocenters. The molecule has 2 heteroatoms. The molecule has 0 aliphatic rings. The molecule has 0 aromatic heterocycles. The molecule has 0 spiro atoms. The largest absolute Gasteiger partial charge is 0.490 e. The minimum atomic E-state index is 0.568. The molecule has 0 bridgehead atoms. The van der Waals surface area contributed by atoms with Crippen LogP contribution in [0.25, 0.3) is 0 Å². The Morgan fingerprint density at radius 2 is 1.93 bits per heavy atom. The van der Waals surface area contributed by atoms with Crippen LogP contribution < -0.4 is 10.5 Å². The summed E-state index contributed by atoms with van der Waals surface area (Å²) in [7, 11) is 0. The Labute approximate surface area is 85.4 Å². The summed E-state index contributed by atoms with van der Waals surface area (Å²) in [6.45, 7) is 3.29. The minimum Gasteiger partial charge on any atom is -0.490 e. The lowest BCUT2D eigenvalue weighted by Crippen LogP contribution is -1.97. The average Bonchev–Trinajstić information content (AvgIpc) is 2.25. The van der Waals surface area contributed by atoms with Gasteiger partial charge in [0.1, 0.15) is 12.4 Å². The standard InChI is InChI=1S/C12H17NO/c1-2-11-5-7-12(8-6-11)14-10-4-3-9-13/h3-8H,2,9-10,13H2,1H3. The summed E-state index contributed by atoms with van der Waals surface area (Å²) in [4.78, 5) is 0. The topological polar surface area (TPSA) is 35.2 Å². The molecule has 1 aromatic carbocycles. The second-order valence-corrected chi connectivity index (χ2v) is 3.02. The van der Waals surface area contributed by atoms with E-state index in [1.165, 1.54) is 5.56 Å². The first-order chi connectivity index (χ1) is 6.86. The molecular weight excluding hydrogens is 174 g/mol. The van der Waals surface area contributed by atoms with E-state index in [2.05, 4.69) is 19.1 Å². The summed E-state index contributed by atoms with van der Waals surface area (Å²) in [6.07, 6.45) is 4.88. The van der Waals surface area contributed by atoms with Crippen molar-refractivity contribution in [1.29, 1.82) is 0 Å². The molecule has 0 aliphatic heterocycles. The molecule has 76 valence electrons. The van der Waals surface area contributed by atoms with Crippen LogP contribution in [0.4, 0.5) is 0 Å². The van der Waals surface area contributed by atoms with E-state index in [0.29, 0.717) is 13.2 Å². The van der Waals surface area contributed by atoms with Crippen LogP contribution >= 0.6 is 0 Å². The lowest BCUT2D eigenvalue weighted by atomic mass is 10.2. The first kappa shape index (κ1) is 10.8. The monoisotopic (exact) mass is 191 g/mol. The second kappa shape index (κ2) is 6.22. The van der Waals surface area contributed by atoms with Crippen molar-refractivity contribution in [3.63, 3.8) is 0 Å². The number of aryl methyl sites for hydroxylation is 1. The fraction of sp³-hybridized carbons (Fsp3) is 0.333. The Morgan fingerprint density at radius 1 is 1.21 bits per heavy atom. The Morgan fingerprint density at radius 3 is 2.50 bits per heavy atom. The number of rotatable bonds is 5. The fourth-order valence-electron chi connectivity index (χ4n) is 1.13. The summed E-state index contributed by atoms with van der Waals surface area (Å²) in [5, 5.41) is 0. The maximum Gasteiger partial charge on any atom is 0.119 e. The van der Waals surface area contributed by atoms with Gasteiger partial charge in [0, 0.05) is 6.54 Å². The first-order valence-electron chi connectivity index (χ1n) is 4.93. The van der Waals surface area contributed by atoms with Crippen LogP contribution in [0.5, 0.6) is 5.75 Å². The van der Waals surface area contributed by atoms with Crippen LogP contribution in [-0.2, 0) is 6.42 Å². The van der Waals surface area contributed by atoms with Crippen LogP contribution in [0.1, 0.15) is 12.5 Å². The van der Waals surface area contributed by atoms with Gasteiger partial charge < -0.3 is 10.5 Å². The van der Waals surface area contributed by atoms with E-state index in [4.69, 9.17) is 10.5 Å². The van der Waals surface area contributed by atoms with E-state index in [1.54, 1.807) is 0 Å². The van der Waals surface area contributed by atoms with Crippen molar-refractivity contribution >= 4 is 0 Å². The van der Waals surface area contributed by atoms with Gasteiger partial charge in [-0.2, -0.15) is 0 Å². The number of nitrogens with two attached hydrogens (primary N) is 1. The van der Waals surface area contributed by atoms with Gasteiger partial charge in [-0.3, -0.25) is 0 Å². The van der Waals surface area contributed by atoms with Gasteiger partial charge in [0.05, 0.1) is 0 Å². The fourth-order valence-corrected chi connectivity index (χ4v) is 1.13. The van der Waals surface area contributed by atoms with E-state index >= 15 is 0 Å². The third-order valence-electron chi connectivity index (χ3n) is 1.98. The van der Waals surface area contributed by atoms with Gasteiger partial charge in [0.15, 0.2) is 0 Å². The zero-order valence-electron chi connectivity index (χ0n) is 8.57. The Bertz CT molecular complexity index is 277. The molecule has 2 nitrogen and oxygen atoms in total. The van der Waals surface area contributed by atoms with Crippen LogP contribution in [-0.4, -0.2) is 13.2 Å². The Kier molecular flexibility index (Phi) is 4.79. The maximum atomic E-state index is 5.47. The van der Waals surface area contributed by atoms with E-state index in [0.717, 1.165) is 12.2 Å². The number of hydrogen-bond donors (Lipinski definition) is 1. The van der Waals surface area contributed by atoms with Gasteiger partial charge in [0.2, 0.25) is 0 Å². The van der Waals surface area contributed by atoms with Crippen molar-refractivity contribution in [1.82, 2.24) is 0 Å². The summed E-state index contributed by atoms with van der Waals surface area (Å²) in [5.41, 5.74) is 6.63. The third-order valence-corrected chi connectivity index (χ3v) is 1.98. The van der Waals surface area contributed by atoms with E-state index < -0.39 is 0 Å². The molecule has 0 radical (unpaired) electrons. The van der Waals surface area contributed by atoms with Gasteiger partial charge in [-0.25, -0.2) is 0 Å². The minimum absolute atomic E-state index is 0.568. The van der Waals surface area contributed by atoms with E-state index in [1.807, 2.05) is 24.3 Å². The van der Waals surface area contributed by atoms with Crippen molar-refractivity contribution in [2.75, 3.05) is 13.2 Å². The molecule has 0 amide bonds. The molecule has 0 atom stereocenters. The molecule has 14 heavy (non-hydrogen) atoms. The van der Waals surface area contributed by atoms with E-state index in [-0.39, 0.29) is 0 Å². The number of ether oxygens (including phenoxy) is 1. The van der Waals surface area contributed by atoms with Crippen LogP contribution in [0.3, 0.4) is 0 Å². The summed E-state index contributed by atoms with van der Waals surface area (Å²) in [6, 6.07) is 8.16. The van der Waals surface area contributed by atoms with Crippen molar-refractivity contribution < 1.29 is 4.74 Å². The molecule has 0 saturated carbocycles. The van der Waals surface area contributed by atoms with Gasteiger partial charge in [-0.1, -0.05) is 31.2 Å². The SMILES string of the molecule is CCc1ccc(OCC=CCN)cc1. The van der Waals surface area contributed by atoms with Crippen molar-refractivity contribution in [3.05, 3.63) is 42.0 Å². The molecule has 1 rings (SSSR count). The number of benzene rings is 1. The first-order valence-corrected chi connectivity index (χ1v) is 4.93. The quantitative estimate of drug-likeness (QED) is 0.724. The Hall–Kier alpha value is -1.28. The number of hydrogen-bond acceptors (Lipinski definition) is 2.